The fraction of sp³-hybridized carbons (Fsp3) is 0.375. The van der Waals surface area contributed by atoms with Crippen LogP contribution in [0.15, 0.2) is 60.7 Å². The molecule has 0 radical (unpaired) electrons. The van der Waals surface area contributed by atoms with Crippen LogP contribution in [0.25, 0.3) is 0 Å². The van der Waals surface area contributed by atoms with Gasteiger partial charge in [-0.05, 0) is 52.2 Å². The Balaban J connectivity index is 0.000000232. The maximum atomic E-state index is 10.7. The number of anilines is 1. The molecule has 8 heteroatoms. The average molecular weight is 672 g/mol. The van der Waals surface area contributed by atoms with E-state index in [1.807, 2.05) is 13.8 Å². The van der Waals surface area contributed by atoms with E-state index < -0.39 is 18.4 Å². The first-order valence-electron chi connectivity index (χ1n) is 13.2. The van der Waals surface area contributed by atoms with Crippen LogP contribution in [0.5, 0.6) is 5.75 Å². The molecule has 0 saturated carbocycles. The Morgan fingerprint density at radius 2 is 1.62 bits per heavy atom. The standard InChI is InChI=1S/C22H28N.C10H11NO3.2ClH.Ru/c1-16-12-17(2)20(18(3)13-16)23-15-22(6,14-21(23,4)5)19-10-8-7-9-11-19;1-7(2)14-10-5-4-9(11(12)13)6-8(10)3;;;/h7-13,15H,14H2,1-6H3;3-7H,1-2H3;2*1H;/q-1;;;;+2/p-2. The van der Waals surface area contributed by atoms with E-state index in [1.165, 1.54) is 40.1 Å². The molecule has 0 N–H and O–H groups in total. The van der Waals surface area contributed by atoms with E-state index in [2.05, 4.69) is 95.5 Å². The summed E-state index contributed by atoms with van der Waals surface area (Å²) in [7, 11) is 11.6. The van der Waals surface area contributed by atoms with Gasteiger partial charge in [-0.3, -0.25) is 0 Å². The third-order valence-electron chi connectivity index (χ3n) is 6.93. The quantitative estimate of drug-likeness (QED) is 0.114. The first kappa shape index (κ1) is 32.3. The number of ether oxygens (including phenoxy) is 1. The number of aryl methyl sites for hydroxylation is 3. The Hall–Kier alpha value is -2.27. The Morgan fingerprint density at radius 3 is 2.15 bits per heavy atom. The molecule has 1 saturated heterocycles. The second kappa shape index (κ2) is 13.1. The molecule has 1 aliphatic rings. The summed E-state index contributed by atoms with van der Waals surface area (Å²) in [6.07, 6.45) is 1.10. The van der Waals surface area contributed by atoms with Crippen LogP contribution in [0.4, 0.5) is 11.4 Å². The normalized spacial score (nSPS) is 18.2. The molecule has 218 valence electrons. The zero-order chi connectivity index (χ0) is 29.8. The topological polar surface area (TPSA) is 55.6 Å². The molecule has 4 rings (SSSR count). The van der Waals surface area contributed by atoms with Gasteiger partial charge in [0.1, 0.15) is 0 Å². The SMILES string of the molecule is CC(C)Oc1ccc([N+](=O)[O-])cc1[CH]=[Ru]([Cl])[Cl].Cc1cc(C)c(N2[CH-]C(C)(c3ccccc3)CC2(C)C)c(C)c1. The van der Waals surface area contributed by atoms with Gasteiger partial charge < -0.3 is 4.90 Å². The summed E-state index contributed by atoms with van der Waals surface area (Å²) >= 11 is -2.05. The summed E-state index contributed by atoms with van der Waals surface area (Å²) in [4.78, 5) is 12.7. The van der Waals surface area contributed by atoms with Gasteiger partial charge in [0.2, 0.25) is 0 Å². The van der Waals surface area contributed by atoms with Crippen molar-refractivity contribution in [2.24, 2.45) is 0 Å². The van der Waals surface area contributed by atoms with E-state index in [9.17, 15) is 10.1 Å². The van der Waals surface area contributed by atoms with Crippen LogP contribution in [-0.2, 0) is 18.9 Å². The van der Waals surface area contributed by atoms with Crippen molar-refractivity contribution in [1.29, 1.82) is 0 Å². The smallest absolute Gasteiger partial charge is 0.0134 e. The Labute approximate surface area is 252 Å². The largest absolute Gasteiger partial charge is 0.517 e. The molecule has 1 fully saturated rings. The molecule has 0 spiro atoms. The number of nitrogens with zero attached hydrogens (tertiary/aromatic N) is 2. The van der Waals surface area contributed by atoms with E-state index in [-0.39, 0.29) is 22.7 Å². The molecule has 3 aromatic carbocycles. The van der Waals surface area contributed by atoms with Gasteiger partial charge >= 0.3 is 112 Å². The fourth-order valence-corrected chi connectivity index (χ4v) is 7.36. The number of halogens is 2. The van der Waals surface area contributed by atoms with Crippen LogP contribution < -0.4 is 9.64 Å². The number of nitro benzene ring substituents is 1. The van der Waals surface area contributed by atoms with Crippen molar-refractivity contribution in [2.75, 3.05) is 4.90 Å². The Kier molecular flexibility index (Phi) is 10.6. The summed E-state index contributed by atoms with van der Waals surface area (Å²) < 4.78 is 7.17. The molecule has 5 nitrogen and oxygen atoms in total. The molecular weight excluding hydrogens is 632 g/mol. The molecule has 0 aliphatic carbocycles. The Morgan fingerprint density at radius 1 is 1.02 bits per heavy atom. The van der Waals surface area contributed by atoms with Crippen LogP contribution in [0.1, 0.15) is 68.9 Å². The Bertz CT molecular complexity index is 1370. The fourth-order valence-electron chi connectivity index (χ4n) is 5.58. The van der Waals surface area contributed by atoms with Crippen molar-refractivity contribution in [1.82, 2.24) is 0 Å². The van der Waals surface area contributed by atoms with Crippen LogP contribution in [0.3, 0.4) is 0 Å². The van der Waals surface area contributed by atoms with Gasteiger partial charge in [0.05, 0.1) is 0 Å². The van der Waals surface area contributed by atoms with Crippen molar-refractivity contribution >= 4 is 35.4 Å². The predicted molar refractivity (Wildman–Crippen MR) is 166 cm³/mol. The van der Waals surface area contributed by atoms with Crippen LogP contribution in [-0.4, -0.2) is 21.2 Å². The molecule has 1 aliphatic heterocycles. The third kappa shape index (κ3) is 7.93. The summed E-state index contributed by atoms with van der Waals surface area (Å²) in [6, 6.07) is 19.9. The summed E-state index contributed by atoms with van der Waals surface area (Å²) in [5.41, 5.74) is 7.61. The van der Waals surface area contributed by atoms with Crippen LogP contribution in [0, 0.1) is 37.4 Å². The molecule has 40 heavy (non-hydrogen) atoms. The van der Waals surface area contributed by atoms with E-state index >= 15 is 0 Å². The first-order valence-corrected chi connectivity index (χ1v) is 18.7. The number of nitro groups is 1. The minimum Gasteiger partial charge on any atom is -0.517 e. The second-order valence-corrected chi connectivity index (χ2v) is 17.2. The van der Waals surface area contributed by atoms with Gasteiger partial charge in [-0.1, -0.05) is 60.5 Å². The predicted octanol–water partition coefficient (Wildman–Crippen LogP) is 9.18. The molecule has 1 heterocycles. The average Bonchev–Trinajstić information content (AvgIpc) is 3.09. The minimum atomic E-state index is -2.05. The summed E-state index contributed by atoms with van der Waals surface area (Å²) in [5.74, 6) is 0.561. The van der Waals surface area contributed by atoms with Crippen molar-refractivity contribution in [3.63, 3.8) is 0 Å². The van der Waals surface area contributed by atoms with Gasteiger partial charge in [0, 0.05) is 11.2 Å². The van der Waals surface area contributed by atoms with Gasteiger partial charge in [-0.25, -0.2) is 6.54 Å². The second-order valence-electron chi connectivity index (χ2n) is 11.5. The van der Waals surface area contributed by atoms with E-state index in [0.717, 1.165) is 6.42 Å². The van der Waals surface area contributed by atoms with Crippen molar-refractivity contribution in [2.45, 2.75) is 78.9 Å². The molecule has 0 aromatic heterocycles. The number of hydrogen-bond donors (Lipinski definition) is 0. The minimum absolute atomic E-state index is 0.00360. The number of rotatable bonds is 6. The van der Waals surface area contributed by atoms with Crippen molar-refractivity contribution in [3.05, 3.63) is 105 Å². The van der Waals surface area contributed by atoms with E-state index in [0.29, 0.717) is 11.3 Å². The maximum absolute atomic E-state index is 10.7. The monoisotopic (exact) mass is 671 g/mol. The van der Waals surface area contributed by atoms with Gasteiger partial charge in [0.25, 0.3) is 0 Å². The number of hydrogen-bond acceptors (Lipinski definition) is 4. The van der Waals surface area contributed by atoms with Crippen molar-refractivity contribution < 1.29 is 23.2 Å². The molecule has 1 atom stereocenters. The van der Waals surface area contributed by atoms with Crippen LogP contribution in [0.2, 0.25) is 0 Å². The maximum Gasteiger partial charge on any atom is 0.0134 e. The zero-order valence-corrected chi connectivity index (χ0v) is 27.7. The molecule has 0 bridgehead atoms. The van der Waals surface area contributed by atoms with Crippen LogP contribution >= 0.6 is 19.4 Å². The zero-order valence-electron chi connectivity index (χ0n) is 24.4. The molecule has 3 aromatic rings. The first-order chi connectivity index (χ1) is 18.6. The third-order valence-corrected chi connectivity index (χ3v) is 8.76. The summed E-state index contributed by atoms with van der Waals surface area (Å²) in [6.45, 7) is 19.9. The van der Waals surface area contributed by atoms with Gasteiger partial charge in [-0.2, -0.15) is 0 Å². The van der Waals surface area contributed by atoms with E-state index in [1.54, 1.807) is 10.7 Å². The molecule has 0 amide bonds. The van der Waals surface area contributed by atoms with Gasteiger partial charge in [-0.15, -0.1) is 5.41 Å². The molecular formula is C32H39Cl2N2O3Ru-. The van der Waals surface area contributed by atoms with Gasteiger partial charge in [0.15, 0.2) is 0 Å². The molecule has 1 unspecified atom stereocenters. The van der Waals surface area contributed by atoms with E-state index in [4.69, 9.17) is 24.1 Å². The number of benzene rings is 3. The van der Waals surface area contributed by atoms with Crippen molar-refractivity contribution in [3.8, 4) is 5.75 Å². The number of non-ortho nitro benzene ring substituents is 1. The summed E-state index contributed by atoms with van der Waals surface area (Å²) in [5, 5.41) is 10.7.